The number of alkyl halides is 1. The molecule has 0 atom stereocenters. The standard InChI is InChI=1S/C19H17ClO3/c1-12(2)19-18(21)17-15(8-5-9-16(17)23-19)22-11-14-7-4-3-6-13(14)10-20/h3-9H,10-11H2,1-2H3. The van der Waals surface area contributed by atoms with E-state index in [0.717, 1.165) is 16.7 Å². The van der Waals surface area contributed by atoms with E-state index in [9.17, 15) is 4.79 Å². The topological polar surface area (TPSA) is 35.5 Å². The number of allylic oxidation sites excluding steroid dienone is 2. The molecular formula is C19H17ClO3. The van der Waals surface area contributed by atoms with Crippen LogP contribution >= 0.6 is 11.6 Å². The van der Waals surface area contributed by atoms with Gasteiger partial charge in [0, 0.05) is 5.88 Å². The van der Waals surface area contributed by atoms with Crippen LogP contribution in [0.15, 0.2) is 53.8 Å². The second-order valence-corrected chi connectivity index (χ2v) is 5.85. The van der Waals surface area contributed by atoms with E-state index in [1.807, 2.05) is 44.2 Å². The largest absolute Gasteiger partial charge is 0.488 e. The maximum absolute atomic E-state index is 12.5. The summed E-state index contributed by atoms with van der Waals surface area (Å²) in [7, 11) is 0. The highest BCUT2D eigenvalue weighted by Gasteiger charge is 2.31. The first kappa shape index (κ1) is 15.6. The van der Waals surface area contributed by atoms with E-state index in [2.05, 4.69) is 0 Å². The second-order valence-electron chi connectivity index (χ2n) is 5.58. The van der Waals surface area contributed by atoms with Gasteiger partial charge in [0.25, 0.3) is 0 Å². The molecule has 0 aromatic heterocycles. The highest BCUT2D eigenvalue weighted by molar-refractivity contribution is 6.17. The van der Waals surface area contributed by atoms with Gasteiger partial charge in [0.15, 0.2) is 5.76 Å². The highest BCUT2D eigenvalue weighted by atomic mass is 35.5. The molecule has 0 saturated heterocycles. The lowest BCUT2D eigenvalue weighted by Crippen LogP contribution is -2.04. The Bertz CT molecular complexity index is 789. The summed E-state index contributed by atoms with van der Waals surface area (Å²) in [5.41, 5.74) is 3.37. The third-order valence-electron chi connectivity index (χ3n) is 3.73. The first-order valence-electron chi connectivity index (χ1n) is 7.40. The number of ether oxygens (including phenoxy) is 2. The average molecular weight is 329 g/mol. The summed E-state index contributed by atoms with van der Waals surface area (Å²) in [5.74, 6) is 1.78. The molecular weight excluding hydrogens is 312 g/mol. The van der Waals surface area contributed by atoms with Crippen molar-refractivity contribution >= 4 is 17.4 Å². The van der Waals surface area contributed by atoms with E-state index >= 15 is 0 Å². The van der Waals surface area contributed by atoms with E-state index in [1.54, 1.807) is 12.1 Å². The van der Waals surface area contributed by atoms with Crippen LogP contribution in [0.3, 0.4) is 0 Å². The number of benzene rings is 2. The van der Waals surface area contributed by atoms with Gasteiger partial charge in [-0.15, -0.1) is 11.6 Å². The molecule has 3 nitrogen and oxygen atoms in total. The number of rotatable bonds is 4. The molecule has 1 aliphatic rings. The molecule has 0 saturated carbocycles. The van der Waals surface area contributed by atoms with Crippen LogP contribution in [0, 0.1) is 0 Å². The summed E-state index contributed by atoms with van der Waals surface area (Å²) in [5, 5.41) is 0. The lowest BCUT2D eigenvalue weighted by atomic mass is 10.1. The zero-order chi connectivity index (χ0) is 16.4. The molecule has 0 radical (unpaired) electrons. The van der Waals surface area contributed by atoms with Gasteiger partial charge < -0.3 is 9.47 Å². The number of fused-ring (bicyclic) bond motifs is 1. The Hall–Kier alpha value is -2.26. The summed E-state index contributed by atoms with van der Waals surface area (Å²) in [4.78, 5) is 12.5. The van der Waals surface area contributed by atoms with Crippen molar-refractivity contribution in [2.24, 2.45) is 0 Å². The van der Waals surface area contributed by atoms with Crippen molar-refractivity contribution in [2.45, 2.75) is 26.3 Å². The van der Waals surface area contributed by atoms with Gasteiger partial charge in [0.1, 0.15) is 23.7 Å². The number of carbonyl (C=O) groups is 1. The zero-order valence-electron chi connectivity index (χ0n) is 13.1. The van der Waals surface area contributed by atoms with Crippen LogP contribution in [0.2, 0.25) is 0 Å². The van der Waals surface area contributed by atoms with Crippen molar-refractivity contribution in [1.29, 1.82) is 0 Å². The van der Waals surface area contributed by atoms with Crippen molar-refractivity contribution in [3.05, 3.63) is 70.5 Å². The molecule has 3 rings (SSSR count). The third kappa shape index (κ3) is 2.97. The lowest BCUT2D eigenvalue weighted by Gasteiger charge is -2.11. The third-order valence-corrected chi connectivity index (χ3v) is 4.02. The molecule has 118 valence electrons. The molecule has 0 amide bonds. The van der Waals surface area contributed by atoms with Crippen LogP contribution in [-0.4, -0.2) is 5.78 Å². The van der Waals surface area contributed by atoms with Gasteiger partial charge in [-0.05, 0) is 42.7 Å². The van der Waals surface area contributed by atoms with E-state index in [0.29, 0.717) is 35.3 Å². The minimum atomic E-state index is -0.124. The van der Waals surface area contributed by atoms with Crippen molar-refractivity contribution in [3.8, 4) is 11.5 Å². The fourth-order valence-corrected chi connectivity index (χ4v) is 2.78. The quantitative estimate of drug-likeness (QED) is 0.593. The minimum Gasteiger partial charge on any atom is -0.488 e. The lowest BCUT2D eigenvalue weighted by molar-refractivity contribution is 0.101. The van der Waals surface area contributed by atoms with Crippen molar-refractivity contribution in [3.63, 3.8) is 0 Å². The predicted octanol–water partition coefficient (Wildman–Crippen LogP) is 4.87. The molecule has 0 fully saturated rings. The van der Waals surface area contributed by atoms with Gasteiger partial charge in [-0.3, -0.25) is 4.79 Å². The van der Waals surface area contributed by atoms with Gasteiger partial charge in [-0.25, -0.2) is 0 Å². The number of halogens is 1. The molecule has 1 heterocycles. The SMILES string of the molecule is CC(C)=C1Oc2cccc(OCc3ccccc3CCl)c2C1=O. The van der Waals surface area contributed by atoms with Crippen LogP contribution in [0.1, 0.15) is 35.3 Å². The number of ketones is 1. The molecule has 2 aromatic carbocycles. The van der Waals surface area contributed by atoms with Crippen LogP contribution < -0.4 is 9.47 Å². The van der Waals surface area contributed by atoms with Crippen LogP contribution in [0.25, 0.3) is 0 Å². The fraction of sp³-hybridized carbons (Fsp3) is 0.211. The highest BCUT2D eigenvalue weighted by Crippen LogP contribution is 2.38. The summed E-state index contributed by atoms with van der Waals surface area (Å²) in [6, 6.07) is 13.2. The molecule has 0 aliphatic carbocycles. The normalized spacial score (nSPS) is 12.8. The smallest absolute Gasteiger partial charge is 0.235 e. The molecule has 0 unspecified atom stereocenters. The van der Waals surface area contributed by atoms with E-state index in [4.69, 9.17) is 21.1 Å². The molecule has 2 aromatic rings. The maximum Gasteiger partial charge on any atom is 0.235 e. The second kappa shape index (κ2) is 6.47. The monoisotopic (exact) mass is 328 g/mol. The first-order chi connectivity index (χ1) is 11.1. The molecule has 23 heavy (non-hydrogen) atoms. The number of Topliss-reactive ketones (excluding diaryl/α,β-unsaturated/α-hetero) is 1. The fourth-order valence-electron chi connectivity index (χ4n) is 2.52. The Labute approximate surface area is 140 Å². The first-order valence-corrected chi connectivity index (χ1v) is 7.94. The molecule has 0 N–H and O–H groups in total. The van der Waals surface area contributed by atoms with Crippen molar-refractivity contribution in [2.75, 3.05) is 0 Å². The molecule has 4 heteroatoms. The van der Waals surface area contributed by atoms with Gasteiger partial charge >= 0.3 is 0 Å². The van der Waals surface area contributed by atoms with Crippen molar-refractivity contribution in [1.82, 2.24) is 0 Å². The van der Waals surface area contributed by atoms with Gasteiger partial charge in [0.05, 0.1) is 0 Å². The summed E-state index contributed by atoms with van der Waals surface area (Å²) < 4.78 is 11.5. The Balaban J connectivity index is 1.88. The van der Waals surface area contributed by atoms with Gasteiger partial charge in [0.2, 0.25) is 5.78 Å². The Morgan fingerprint density at radius 1 is 1.09 bits per heavy atom. The molecule has 0 spiro atoms. The molecule has 0 bridgehead atoms. The van der Waals surface area contributed by atoms with Gasteiger partial charge in [-0.2, -0.15) is 0 Å². The predicted molar refractivity (Wildman–Crippen MR) is 90.1 cm³/mol. The van der Waals surface area contributed by atoms with E-state index < -0.39 is 0 Å². The van der Waals surface area contributed by atoms with Crippen LogP contribution in [0.4, 0.5) is 0 Å². The Morgan fingerprint density at radius 3 is 2.52 bits per heavy atom. The number of hydrogen-bond donors (Lipinski definition) is 0. The number of carbonyl (C=O) groups excluding carboxylic acids is 1. The minimum absolute atomic E-state index is 0.124. The van der Waals surface area contributed by atoms with Crippen LogP contribution in [-0.2, 0) is 12.5 Å². The Kier molecular flexibility index (Phi) is 4.39. The Morgan fingerprint density at radius 2 is 1.83 bits per heavy atom. The van der Waals surface area contributed by atoms with E-state index in [-0.39, 0.29) is 5.78 Å². The zero-order valence-corrected chi connectivity index (χ0v) is 13.8. The summed E-state index contributed by atoms with van der Waals surface area (Å²) >= 11 is 5.95. The number of hydrogen-bond acceptors (Lipinski definition) is 3. The van der Waals surface area contributed by atoms with Crippen LogP contribution in [0.5, 0.6) is 11.5 Å². The average Bonchev–Trinajstić information content (AvgIpc) is 2.91. The van der Waals surface area contributed by atoms with Gasteiger partial charge in [-0.1, -0.05) is 30.3 Å². The maximum atomic E-state index is 12.5. The molecule has 1 aliphatic heterocycles. The van der Waals surface area contributed by atoms with E-state index in [1.165, 1.54) is 0 Å². The van der Waals surface area contributed by atoms with Crippen molar-refractivity contribution < 1.29 is 14.3 Å². The summed E-state index contributed by atoms with van der Waals surface area (Å²) in [6.45, 7) is 4.07. The summed E-state index contributed by atoms with van der Waals surface area (Å²) in [6.07, 6.45) is 0.